The Labute approximate surface area is 120 Å². The van der Waals surface area contributed by atoms with Gasteiger partial charge in [0, 0.05) is 44.2 Å². The van der Waals surface area contributed by atoms with E-state index in [0.717, 1.165) is 43.9 Å². The van der Waals surface area contributed by atoms with Gasteiger partial charge in [-0.15, -0.1) is 0 Å². The van der Waals surface area contributed by atoms with Gasteiger partial charge in [0.15, 0.2) is 0 Å². The number of nitrogens with zero attached hydrogens (tertiary/aromatic N) is 4. The number of hydrogen-bond donors (Lipinski definition) is 2. The number of hydrogen-bond acceptors (Lipinski definition) is 6. The van der Waals surface area contributed by atoms with Gasteiger partial charge in [0.2, 0.25) is 0 Å². The first-order chi connectivity index (χ1) is 9.67. The molecule has 110 valence electrons. The summed E-state index contributed by atoms with van der Waals surface area (Å²) in [6.45, 7) is 8.55. The molecule has 1 aromatic rings. The van der Waals surface area contributed by atoms with Gasteiger partial charge in [-0.1, -0.05) is 13.8 Å². The third-order valence-corrected chi connectivity index (χ3v) is 4.10. The Bertz CT molecular complexity index is 463. The fraction of sp³-hybridized carbons (Fsp3) is 0.714. The maximum atomic E-state index is 5.52. The second-order valence-corrected chi connectivity index (χ2v) is 6.02. The summed E-state index contributed by atoms with van der Waals surface area (Å²) in [6, 6.07) is 2.80. The minimum Gasteiger partial charge on any atom is -0.354 e. The lowest BCUT2D eigenvalue weighted by Crippen LogP contribution is -2.47. The van der Waals surface area contributed by atoms with E-state index in [1.165, 1.54) is 12.8 Å². The molecule has 0 radical (unpaired) electrons. The molecule has 3 N–H and O–H groups in total. The minimum atomic E-state index is 0.301. The van der Waals surface area contributed by atoms with Crippen molar-refractivity contribution in [3.05, 3.63) is 11.9 Å². The van der Waals surface area contributed by atoms with E-state index in [1.807, 2.05) is 6.07 Å². The highest BCUT2D eigenvalue weighted by Crippen LogP contribution is 2.28. The van der Waals surface area contributed by atoms with Crippen molar-refractivity contribution in [3.8, 4) is 0 Å². The number of anilines is 2. The Kier molecular flexibility index (Phi) is 3.76. The minimum absolute atomic E-state index is 0.301. The summed E-state index contributed by atoms with van der Waals surface area (Å²) in [6.07, 6.45) is 2.76. The molecular formula is C14H24N6. The van der Waals surface area contributed by atoms with Gasteiger partial charge in [0.25, 0.3) is 0 Å². The van der Waals surface area contributed by atoms with Crippen molar-refractivity contribution in [2.45, 2.75) is 38.6 Å². The molecule has 1 saturated heterocycles. The Morgan fingerprint density at radius 3 is 2.45 bits per heavy atom. The van der Waals surface area contributed by atoms with Crippen LogP contribution in [0.5, 0.6) is 0 Å². The Hall–Kier alpha value is -1.40. The lowest BCUT2D eigenvalue weighted by atomic mass is 10.2. The van der Waals surface area contributed by atoms with E-state index >= 15 is 0 Å². The largest absolute Gasteiger partial charge is 0.354 e. The van der Waals surface area contributed by atoms with Gasteiger partial charge in [0.1, 0.15) is 17.5 Å². The highest BCUT2D eigenvalue weighted by atomic mass is 15.3. The van der Waals surface area contributed by atoms with Crippen LogP contribution in [0.1, 0.15) is 38.4 Å². The van der Waals surface area contributed by atoms with Crippen LogP contribution in [0.4, 0.5) is 11.6 Å². The Morgan fingerprint density at radius 1 is 1.20 bits per heavy atom. The zero-order valence-corrected chi connectivity index (χ0v) is 12.3. The first kappa shape index (κ1) is 13.6. The predicted molar refractivity (Wildman–Crippen MR) is 80.7 cm³/mol. The second kappa shape index (κ2) is 5.54. The summed E-state index contributed by atoms with van der Waals surface area (Å²) < 4.78 is 0. The zero-order valence-electron chi connectivity index (χ0n) is 12.3. The van der Waals surface area contributed by atoms with E-state index in [1.54, 1.807) is 0 Å². The molecule has 1 aliphatic heterocycles. The summed E-state index contributed by atoms with van der Waals surface area (Å²) in [7, 11) is 0. The van der Waals surface area contributed by atoms with Gasteiger partial charge in [-0.3, -0.25) is 4.90 Å². The van der Waals surface area contributed by atoms with E-state index in [2.05, 4.69) is 34.1 Å². The van der Waals surface area contributed by atoms with Gasteiger partial charge in [0.05, 0.1) is 0 Å². The number of hydrazine groups is 1. The molecule has 0 atom stereocenters. The van der Waals surface area contributed by atoms with Crippen LogP contribution in [-0.4, -0.2) is 47.1 Å². The summed E-state index contributed by atoms with van der Waals surface area (Å²) in [5.74, 6) is 8.36. The van der Waals surface area contributed by atoms with Crippen LogP contribution in [0, 0.1) is 0 Å². The van der Waals surface area contributed by atoms with Crippen molar-refractivity contribution in [1.82, 2.24) is 14.9 Å². The summed E-state index contributed by atoms with van der Waals surface area (Å²) >= 11 is 0. The fourth-order valence-electron chi connectivity index (χ4n) is 2.70. The van der Waals surface area contributed by atoms with Crippen LogP contribution in [0.15, 0.2) is 6.07 Å². The second-order valence-electron chi connectivity index (χ2n) is 6.02. The Balaban J connectivity index is 1.74. The molecule has 2 fully saturated rings. The molecular weight excluding hydrogens is 252 g/mol. The van der Waals surface area contributed by atoms with Crippen LogP contribution < -0.4 is 16.2 Å². The van der Waals surface area contributed by atoms with Crippen LogP contribution in [-0.2, 0) is 0 Å². The molecule has 0 spiro atoms. The molecule has 3 rings (SSSR count). The third kappa shape index (κ3) is 2.86. The van der Waals surface area contributed by atoms with Gasteiger partial charge in [-0.25, -0.2) is 15.8 Å². The number of piperazine rings is 1. The monoisotopic (exact) mass is 276 g/mol. The normalized spacial score (nSPS) is 20.5. The van der Waals surface area contributed by atoms with Crippen molar-refractivity contribution in [2.24, 2.45) is 5.84 Å². The molecule has 2 aliphatic rings. The smallest absolute Gasteiger partial charge is 0.145 e. The van der Waals surface area contributed by atoms with Gasteiger partial charge in [-0.2, -0.15) is 0 Å². The SMILES string of the molecule is CC(C)c1nc(NN)cc(N2CCN(C3CC3)CC2)n1. The lowest BCUT2D eigenvalue weighted by Gasteiger charge is -2.35. The maximum absolute atomic E-state index is 5.52. The zero-order chi connectivity index (χ0) is 14.1. The standard InChI is InChI=1S/C14H24N6/c1-10(2)14-16-12(18-15)9-13(17-14)20-7-5-19(6-8-20)11-3-4-11/h9-11H,3-8,15H2,1-2H3,(H,16,17,18). The number of nitrogens with two attached hydrogens (primary N) is 1. The lowest BCUT2D eigenvalue weighted by molar-refractivity contribution is 0.247. The molecule has 1 saturated carbocycles. The third-order valence-electron chi connectivity index (χ3n) is 4.10. The molecule has 0 aromatic carbocycles. The van der Waals surface area contributed by atoms with E-state index in [-0.39, 0.29) is 0 Å². The predicted octanol–water partition coefficient (Wildman–Crippen LogP) is 1.17. The molecule has 6 nitrogen and oxygen atoms in total. The first-order valence-electron chi connectivity index (χ1n) is 7.52. The van der Waals surface area contributed by atoms with Crippen LogP contribution in [0.2, 0.25) is 0 Å². The molecule has 0 bridgehead atoms. The molecule has 0 amide bonds. The average molecular weight is 276 g/mol. The topological polar surface area (TPSA) is 70.3 Å². The van der Waals surface area contributed by atoms with Gasteiger partial charge in [-0.05, 0) is 12.8 Å². The molecule has 6 heteroatoms. The van der Waals surface area contributed by atoms with E-state index in [0.29, 0.717) is 11.7 Å². The summed E-state index contributed by atoms with van der Waals surface area (Å²) in [5, 5.41) is 0. The summed E-state index contributed by atoms with van der Waals surface area (Å²) in [5.41, 5.74) is 2.65. The van der Waals surface area contributed by atoms with E-state index < -0.39 is 0 Å². The van der Waals surface area contributed by atoms with E-state index in [9.17, 15) is 0 Å². The quantitative estimate of drug-likeness (QED) is 0.635. The summed E-state index contributed by atoms with van der Waals surface area (Å²) in [4.78, 5) is 14.0. The van der Waals surface area contributed by atoms with Crippen molar-refractivity contribution in [2.75, 3.05) is 36.5 Å². The first-order valence-corrected chi connectivity index (χ1v) is 7.52. The Morgan fingerprint density at radius 2 is 1.90 bits per heavy atom. The van der Waals surface area contributed by atoms with Gasteiger partial charge < -0.3 is 10.3 Å². The number of nitrogen functional groups attached to an aromatic ring is 1. The molecule has 1 aliphatic carbocycles. The molecule has 2 heterocycles. The van der Waals surface area contributed by atoms with Crippen LogP contribution in [0.3, 0.4) is 0 Å². The van der Waals surface area contributed by atoms with Crippen molar-refractivity contribution in [1.29, 1.82) is 0 Å². The van der Waals surface area contributed by atoms with Crippen LogP contribution >= 0.6 is 0 Å². The molecule has 0 unspecified atom stereocenters. The highest BCUT2D eigenvalue weighted by Gasteiger charge is 2.31. The van der Waals surface area contributed by atoms with E-state index in [4.69, 9.17) is 10.8 Å². The number of rotatable bonds is 4. The number of aromatic nitrogens is 2. The van der Waals surface area contributed by atoms with Gasteiger partial charge >= 0.3 is 0 Å². The van der Waals surface area contributed by atoms with Crippen molar-refractivity contribution < 1.29 is 0 Å². The van der Waals surface area contributed by atoms with Crippen LogP contribution in [0.25, 0.3) is 0 Å². The molecule has 1 aromatic heterocycles. The average Bonchev–Trinajstić information content (AvgIpc) is 3.31. The maximum Gasteiger partial charge on any atom is 0.145 e. The fourth-order valence-corrected chi connectivity index (χ4v) is 2.70. The number of nitrogens with one attached hydrogen (secondary N) is 1. The van der Waals surface area contributed by atoms with Crippen molar-refractivity contribution >= 4 is 11.6 Å². The van der Waals surface area contributed by atoms with Crippen molar-refractivity contribution in [3.63, 3.8) is 0 Å². The molecule has 20 heavy (non-hydrogen) atoms. The highest BCUT2D eigenvalue weighted by molar-refractivity contribution is 5.49.